The molecule has 1 atom stereocenters. The molecule has 0 aromatic carbocycles. The third kappa shape index (κ3) is 3.08. The van der Waals surface area contributed by atoms with Gasteiger partial charge in [-0.15, -0.1) is 0 Å². The Morgan fingerprint density at radius 3 is 2.93 bits per heavy atom. The lowest BCUT2D eigenvalue weighted by atomic mass is 10.1. The fourth-order valence-electron chi connectivity index (χ4n) is 1.07. The Morgan fingerprint density at radius 1 is 1.71 bits per heavy atom. The Labute approximate surface area is 95.4 Å². The molecule has 0 amide bonds. The second kappa shape index (κ2) is 5.48. The lowest BCUT2D eigenvalue weighted by molar-refractivity contribution is -0.143. The quantitative estimate of drug-likeness (QED) is 0.861. The highest BCUT2D eigenvalue weighted by Crippen LogP contribution is 2.27. The number of carbonyl (C=O) groups is 1. The van der Waals surface area contributed by atoms with E-state index in [4.69, 9.17) is 10.5 Å². The molecule has 0 bridgehead atoms. The minimum Gasteiger partial charge on any atom is -0.466 e. The van der Waals surface area contributed by atoms with E-state index in [0.29, 0.717) is 6.61 Å². The summed E-state index contributed by atoms with van der Waals surface area (Å²) < 4.78 is 5.78. The molecule has 1 aromatic heterocycles. The van der Waals surface area contributed by atoms with Crippen LogP contribution in [0.15, 0.2) is 15.2 Å². The van der Waals surface area contributed by atoms with E-state index in [2.05, 4.69) is 15.9 Å². The zero-order chi connectivity index (χ0) is 10.6. The van der Waals surface area contributed by atoms with Crippen LogP contribution in [0, 0.1) is 0 Å². The fourth-order valence-corrected chi connectivity index (χ4v) is 2.72. The van der Waals surface area contributed by atoms with Crippen LogP contribution < -0.4 is 5.73 Å². The molecule has 1 unspecified atom stereocenters. The first kappa shape index (κ1) is 11.7. The van der Waals surface area contributed by atoms with Gasteiger partial charge in [0.1, 0.15) is 0 Å². The lowest BCUT2D eigenvalue weighted by Gasteiger charge is -2.09. The molecule has 0 fully saturated rings. The predicted molar refractivity (Wildman–Crippen MR) is 60.2 cm³/mol. The molecule has 5 heteroatoms. The molecule has 0 aliphatic heterocycles. The molecule has 3 nitrogen and oxygen atoms in total. The second-order valence-corrected chi connectivity index (χ2v) is 4.39. The number of halogens is 1. The van der Waals surface area contributed by atoms with Gasteiger partial charge in [0, 0.05) is 15.9 Å². The summed E-state index contributed by atoms with van der Waals surface area (Å²) in [6.45, 7) is 2.18. The maximum Gasteiger partial charge on any atom is 0.307 e. The zero-order valence-corrected chi connectivity index (χ0v) is 10.2. The van der Waals surface area contributed by atoms with Crippen LogP contribution in [0.5, 0.6) is 0 Å². The number of thiophene rings is 1. The minimum absolute atomic E-state index is 0.225. The van der Waals surface area contributed by atoms with E-state index in [1.807, 2.05) is 10.8 Å². The normalized spacial score (nSPS) is 12.5. The number of hydrogen-bond acceptors (Lipinski definition) is 4. The summed E-state index contributed by atoms with van der Waals surface area (Å²) in [5, 5.41) is 3.88. The van der Waals surface area contributed by atoms with E-state index in [1.165, 1.54) is 0 Å². The Balaban J connectivity index is 2.54. The lowest BCUT2D eigenvalue weighted by Crippen LogP contribution is -2.16. The molecule has 78 valence electrons. The van der Waals surface area contributed by atoms with Crippen molar-refractivity contribution in [1.82, 2.24) is 0 Å². The van der Waals surface area contributed by atoms with Crippen LogP contribution in [0.3, 0.4) is 0 Å². The van der Waals surface area contributed by atoms with E-state index in [1.54, 1.807) is 18.3 Å². The molecule has 1 rings (SSSR count). The maximum absolute atomic E-state index is 11.1. The van der Waals surface area contributed by atoms with Gasteiger partial charge in [-0.3, -0.25) is 4.79 Å². The second-order valence-electron chi connectivity index (χ2n) is 2.79. The summed E-state index contributed by atoms with van der Waals surface area (Å²) >= 11 is 4.93. The number of hydrogen-bond donors (Lipinski definition) is 1. The summed E-state index contributed by atoms with van der Waals surface area (Å²) in [4.78, 5) is 11.1. The van der Waals surface area contributed by atoms with Gasteiger partial charge in [0.15, 0.2) is 0 Å². The average Bonchev–Trinajstić information content (AvgIpc) is 2.51. The molecule has 1 heterocycles. The third-order valence-electron chi connectivity index (χ3n) is 1.73. The monoisotopic (exact) mass is 277 g/mol. The van der Waals surface area contributed by atoms with Crippen molar-refractivity contribution in [2.75, 3.05) is 6.61 Å². The van der Waals surface area contributed by atoms with Crippen molar-refractivity contribution < 1.29 is 9.53 Å². The summed E-state index contributed by atoms with van der Waals surface area (Å²) in [6, 6.07) is -0.283. The van der Waals surface area contributed by atoms with Gasteiger partial charge >= 0.3 is 5.97 Å². The molecule has 2 N–H and O–H groups in total. The largest absolute Gasteiger partial charge is 0.466 e. The SMILES string of the molecule is CCOC(=O)CC(N)c1cscc1Br. The highest BCUT2D eigenvalue weighted by molar-refractivity contribution is 9.10. The van der Waals surface area contributed by atoms with Gasteiger partial charge in [0.05, 0.1) is 13.0 Å². The number of ether oxygens (including phenoxy) is 1. The summed E-state index contributed by atoms with van der Waals surface area (Å²) in [7, 11) is 0. The van der Waals surface area contributed by atoms with Crippen LogP contribution in [-0.4, -0.2) is 12.6 Å². The molecule has 0 radical (unpaired) electrons. The van der Waals surface area contributed by atoms with Crippen molar-refractivity contribution in [1.29, 1.82) is 0 Å². The average molecular weight is 278 g/mol. The van der Waals surface area contributed by atoms with Gasteiger partial charge in [0.2, 0.25) is 0 Å². The molecule has 0 spiro atoms. The summed E-state index contributed by atoms with van der Waals surface area (Å²) in [5.74, 6) is -0.252. The first-order valence-corrected chi connectivity index (χ1v) is 6.01. The Bertz CT molecular complexity index is 314. The van der Waals surface area contributed by atoms with Crippen molar-refractivity contribution in [2.45, 2.75) is 19.4 Å². The maximum atomic E-state index is 11.1. The van der Waals surface area contributed by atoms with Crippen molar-refractivity contribution in [2.24, 2.45) is 5.73 Å². The van der Waals surface area contributed by atoms with Gasteiger partial charge < -0.3 is 10.5 Å². The van der Waals surface area contributed by atoms with Gasteiger partial charge in [-0.1, -0.05) is 0 Å². The Kier molecular flexibility index (Phi) is 4.57. The standard InChI is InChI=1S/C9H12BrNO2S/c1-2-13-9(12)3-8(11)6-4-14-5-7(6)10/h4-5,8H,2-3,11H2,1H3. The van der Waals surface area contributed by atoms with Crippen molar-refractivity contribution in [3.8, 4) is 0 Å². The van der Waals surface area contributed by atoms with Crippen LogP contribution in [-0.2, 0) is 9.53 Å². The Hall–Kier alpha value is -0.390. The number of nitrogens with two attached hydrogens (primary N) is 1. The minimum atomic E-state index is -0.283. The smallest absolute Gasteiger partial charge is 0.307 e. The highest BCUT2D eigenvalue weighted by atomic mass is 79.9. The van der Waals surface area contributed by atoms with E-state index < -0.39 is 0 Å². The molecule has 0 aliphatic rings. The molecular formula is C9H12BrNO2S. The molecule has 1 aromatic rings. The highest BCUT2D eigenvalue weighted by Gasteiger charge is 2.15. The van der Waals surface area contributed by atoms with Crippen LogP contribution >= 0.6 is 27.3 Å². The summed E-state index contributed by atoms with van der Waals surface area (Å²) in [6.07, 6.45) is 0.225. The first-order chi connectivity index (χ1) is 6.65. The van der Waals surface area contributed by atoms with E-state index in [0.717, 1.165) is 10.0 Å². The molecule has 0 aliphatic carbocycles. The first-order valence-electron chi connectivity index (χ1n) is 4.28. The third-order valence-corrected chi connectivity index (χ3v) is 3.49. The zero-order valence-electron chi connectivity index (χ0n) is 7.83. The fraction of sp³-hybridized carbons (Fsp3) is 0.444. The van der Waals surface area contributed by atoms with Gasteiger partial charge in [0.25, 0.3) is 0 Å². The summed E-state index contributed by atoms with van der Waals surface area (Å²) in [5.41, 5.74) is 6.81. The van der Waals surface area contributed by atoms with Crippen LogP contribution in [0.2, 0.25) is 0 Å². The van der Waals surface area contributed by atoms with Crippen LogP contribution in [0.1, 0.15) is 24.9 Å². The van der Waals surface area contributed by atoms with E-state index in [-0.39, 0.29) is 18.4 Å². The molecular weight excluding hydrogens is 266 g/mol. The predicted octanol–water partition coefficient (Wildman–Crippen LogP) is 2.46. The van der Waals surface area contributed by atoms with Gasteiger partial charge in [-0.25, -0.2) is 0 Å². The molecule has 0 saturated heterocycles. The van der Waals surface area contributed by atoms with Crippen molar-refractivity contribution >= 4 is 33.2 Å². The molecule has 0 saturated carbocycles. The van der Waals surface area contributed by atoms with Gasteiger partial charge in [-0.2, -0.15) is 11.3 Å². The number of carbonyl (C=O) groups excluding carboxylic acids is 1. The topological polar surface area (TPSA) is 52.3 Å². The van der Waals surface area contributed by atoms with Crippen molar-refractivity contribution in [3.05, 3.63) is 20.8 Å². The van der Waals surface area contributed by atoms with Gasteiger partial charge in [-0.05, 0) is 33.8 Å². The molecule has 14 heavy (non-hydrogen) atoms. The van der Waals surface area contributed by atoms with Crippen molar-refractivity contribution in [3.63, 3.8) is 0 Å². The van der Waals surface area contributed by atoms with Crippen LogP contribution in [0.25, 0.3) is 0 Å². The van der Waals surface area contributed by atoms with Crippen LogP contribution in [0.4, 0.5) is 0 Å². The Morgan fingerprint density at radius 2 is 2.43 bits per heavy atom. The number of rotatable bonds is 4. The van der Waals surface area contributed by atoms with E-state index in [9.17, 15) is 4.79 Å². The number of esters is 1. The van der Waals surface area contributed by atoms with E-state index >= 15 is 0 Å².